The summed E-state index contributed by atoms with van der Waals surface area (Å²) in [5.74, 6) is -2.27. The Bertz CT molecular complexity index is 1100. The third-order valence-corrected chi connectivity index (χ3v) is 5.68. The number of benzene rings is 3. The quantitative estimate of drug-likeness (QED) is 0.140. The fraction of sp³-hybridized carbons (Fsp3) is 0.345. The molecule has 0 aliphatic rings. The van der Waals surface area contributed by atoms with Crippen LogP contribution in [0.25, 0.3) is 22.3 Å². The molecule has 0 unspecified atom stereocenters. The van der Waals surface area contributed by atoms with Gasteiger partial charge in [-0.1, -0.05) is 81.5 Å². The lowest BCUT2D eigenvalue weighted by Crippen LogP contribution is -2.10. The lowest BCUT2D eigenvalue weighted by molar-refractivity contribution is -0.241. The van der Waals surface area contributed by atoms with Gasteiger partial charge in [0.15, 0.2) is 11.6 Å². The second kappa shape index (κ2) is 13.6. The molecule has 4 nitrogen and oxygen atoms in total. The predicted octanol–water partition coefficient (Wildman–Crippen LogP) is 8.15. The zero-order chi connectivity index (χ0) is 25.0. The van der Waals surface area contributed by atoms with Gasteiger partial charge in [0.05, 0.1) is 18.8 Å². The Morgan fingerprint density at radius 3 is 2.29 bits per heavy atom. The highest BCUT2D eigenvalue weighted by Gasteiger charge is 2.23. The van der Waals surface area contributed by atoms with E-state index in [0.717, 1.165) is 24.8 Å². The Morgan fingerprint density at radius 2 is 1.57 bits per heavy atom. The predicted molar refractivity (Wildman–Crippen MR) is 133 cm³/mol. The molecule has 0 heterocycles. The molecule has 0 aliphatic heterocycles. The maximum atomic E-state index is 15.8. The lowest BCUT2D eigenvalue weighted by atomic mass is 9.92. The second-order valence-corrected chi connectivity index (χ2v) is 8.25. The van der Waals surface area contributed by atoms with Crippen molar-refractivity contribution < 1.29 is 28.1 Å². The molecule has 0 saturated heterocycles. The van der Waals surface area contributed by atoms with E-state index in [-0.39, 0.29) is 29.0 Å². The molecule has 0 atom stereocenters. The first-order chi connectivity index (χ1) is 17.1. The van der Waals surface area contributed by atoms with Crippen LogP contribution in [-0.4, -0.2) is 19.2 Å². The van der Waals surface area contributed by atoms with Crippen molar-refractivity contribution in [1.29, 1.82) is 0 Å². The topological polar surface area (TPSA) is 44.8 Å². The van der Waals surface area contributed by atoms with Crippen molar-refractivity contribution in [2.45, 2.75) is 52.4 Å². The Balaban J connectivity index is 1.83. The summed E-state index contributed by atoms with van der Waals surface area (Å²) in [5.41, 5.74) is 1.36. The molecular formula is C29H32F2O4. The first-order valence-corrected chi connectivity index (χ1v) is 12.2. The monoisotopic (exact) mass is 482 g/mol. The molecule has 0 radical (unpaired) electrons. The normalized spacial score (nSPS) is 10.9. The van der Waals surface area contributed by atoms with Gasteiger partial charge in [0.2, 0.25) is 0 Å². The van der Waals surface area contributed by atoms with Crippen LogP contribution in [0, 0.1) is 11.6 Å². The maximum Gasteiger partial charge on any atom is 0.376 e. The average molecular weight is 483 g/mol. The summed E-state index contributed by atoms with van der Waals surface area (Å²) in [7, 11) is 0. The minimum Gasteiger partial charge on any atom is -0.491 e. The van der Waals surface area contributed by atoms with Crippen LogP contribution in [0.15, 0.2) is 60.7 Å². The highest BCUT2D eigenvalue weighted by Crippen LogP contribution is 2.37. The number of hydrogen-bond acceptors (Lipinski definition) is 4. The van der Waals surface area contributed by atoms with Crippen LogP contribution in [0.1, 0.15) is 62.7 Å². The summed E-state index contributed by atoms with van der Waals surface area (Å²) in [5, 5.41) is 0. The summed E-state index contributed by atoms with van der Waals surface area (Å²) >= 11 is 0. The van der Waals surface area contributed by atoms with E-state index in [9.17, 15) is 9.18 Å². The SMILES string of the molecule is CCCCCCCCOOC(=O)c1ccc(-c2ccccc2)c(-c2ccc(OCC)c(F)c2)c1F. The third-order valence-electron chi connectivity index (χ3n) is 5.68. The number of unbranched alkanes of at least 4 members (excludes halogenated alkanes) is 5. The van der Waals surface area contributed by atoms with E-state index in [2.05, 4.69) is 6.92 Å². The smallest absolute Gasteiger partial charge is 0.376 e. The minimum absolute atomic E-state index is 0.0802. The van der Waals surface area contributed by atoms with E-state index in [1.165, 1.54) is 37.5 Å². The van der Waals surface area contributed by atoms with Gasteiger partial charge in [-0.25, -0.2) is 13.6 Å². The first kappa shape index (κ1) is 26.4. The molecule has 0 N–H and O–H groups in total. The van der Waals surface area contributed by atoms with Gasteiger partial charge in [0, 0.05) is 5.56 Å². The summed E-state index contributed by atoms with van der Waals surface area (Å²) in [4.78, 5) is 22.5. The van der Waals surface area contributed by atoms with Crippen molar-refractivity contribution in [2.24, 2.45) is 0 Å². The van der Waals surface area contributed by atoms with E-state index < -0.39 is 17.6 Å². The van der Waals surface area contributed by atoms with Crippen molar-refractivity contribution in [3.05, 3.63) is 77.9 Å². The van der Waals surface area contributed by atoms with Crippen molar-refractivity contribution >= 4 is 5.97 Å². The summed E-state index contributed by atoms with van der Waals surface area (Å²) < 4.78 is 35.7. The van der Waals surface area contributed by atoms with Crippen LogP contribution in [0.2, 0.25) is 0 Å². The summed E-state index contributed by atoms with van der Waals surface area (Å²) in [6, 6.07) is 16.4. The molecular weight excluding hydrogens is 450 g/mol. The Morgan fingerprint density at radius 1 is 0.829 bits per heavy atom. The van der Waals surface area contributed by atoms with E-state index >= 15 is 4.39 Å². The van der Waals surface area contributed by atoms with Crippen LogP contribution in [0.4, 0.5) is 8.78 Å². The minimum atomic E-state index is -0.930. The van der Waals surface area contributed by atoms with Crippen LogP contribution >= 0.6 is 0 Å². The molecule has 0 aliphatic carbocycles. The highest BCUT2D eigenvalue weighted by atomic mass is 19.1. The average Bonchev–Trinajstić information content (AvgIpc) is 2.87. The van der Waals surface area contributed by atoms with Gasteiger partial charge in [-0.3, -0.25) is 4.89 Å². The molecule has 3 aromatic rings. The van der Waals surface area contributed by atoms with Gasteiger partial charge in [-0.2, -0.15) is 4.89 Å². The van der Waals surface area contributed by atoms with Crippen molar-refractivity contribution in [2.75, 3.05) is 13.2 Å². The second-order valence-electron chi connectivity index (χ2n) is 8.25. The van der Waals surface area contributed by atoms with Gasteiger partial charge in [-0.05, 0) is 48.2 Å². The zero-order valence-corrected chi connectivity index (χ0v) is 20.3. The van der Waals surface area contributed by atoms with Gasteiger partial charge in [-0.15, -0.1) is 0 Å². The molecule has 3 aromatic carbocycles. The largest absolute Gasteiger partial charge is 0.491 e. The Labute approximate surface area is 205 Å². The van der Waals surface area contributed by atoms with Crippen molar-refractivity contribution in [3.8, 4) is 28.0 Å². The molecule has 0 bridgehead atoms. The maximum absolute atomic E-state index is 15.8. The molecule has 0 spiro atoms. The Kier molecular flexibility index (Phi) is 10.2. The van der Waals surface area contributed by atoms with E-state index in [0.29, 0.717) is 12.2 Å². The van der Waals surface area contributed by atoms with Crippen LogP contribution in [0.3, 0.4) is 0 Å². The standard InChI is InChI=1S/C29H32F2O4/c1-3-5-6-7-8-12-19-34-35-29(32)24-17-16-23(21-13-10-9-11-14-21)27(28(24)31)22-15-18-26(33-4-2)25(30)20-22/h9-11,13-18,20H,3-8,12,19H2,1-2H3. The summed E-state index contributed by atoms with van der Waals surface area (Å²) in [6.45, 7) is 4.47. The van der Waals surface area contributed by atoms with Gasteiger partial charge < -0.3 is 4.74 Å². The van der Waals surface area contributed by atoms with E-state index in [1.807, 2.05) is 30.3 Å². The molecule has 0 fully saturated rings. The van der Waals surface area contributed by atoms with Crippen LogP contribution in [-0.2, 0) is 9.78 Å². The van der Waals surface area contributed by atoms with E-state index in [4.69, 9.17) is 14.5 Å². The van der Waals surface area contributed by atoms with E-state index in [1.54, 1.807) is 19.1 Å². The molecule has 186 valence electrons. The fourth-order valence-corrected chi connectivity index (χ4v) is 3.88. The van der Waals surface area contributed by atoms with Crippen molar-refractivity contribution in [1.82, 2.24) is 0 Å². The highest BCUT2D eigenvalue weighted by molar-refractivity contribution is 5.95. The molecule has 0 amide bonds. The van der Waals surface area contributed by atoms with Gasteiger partial charge in [0.1, 0.15) is 5.82 Å². The number of carbonyl (C=O) groups is 1. The molecule has 3 rings (SSSR count). The first-order valence-electron chi connectivity index (χ1n) is 12.2. The number of rotatable bonds is 13. The van der Waals surface area contributed by atoms with Crippen LogP contribution in [0.5, 0.6) is 5.75 Å². The molecule has 0 saturated carbocycles. The van der Waals surface area contributed by atoms with Crippen molar-refractivity contribution in [3.63, 3.8) is 0 Å². The zero-order valence-electron chi connectivity index (χ0n) is 20.3. The van der Waals surface area contributed by atoms with Crippen LogP contribution < -0.4 is 4.74 Å². The number of carbonyl (C=O) groups excluding carboxylic acids is 1. The lowest BCUT2D eigenvalue weighted by Gasteiger charge is -2.15. The molecule has 6 heteroatoms. The van der Waals surface area contributed by atoms with Gasteiger partial charge >= 0.3 is 5.97 Å². The number of halogens is 2. The third kappa shape index (κ3) is 7.12. The number of hydrogen-bond donors (Lipinski definition) is 0. The summed E-state index contributed by atoms with van der Waals surface area (Å²) in [6.07, 6.45) is 6.38. The Hall–Kier alpha value is -3.25. The van der Waals surface area contributed by atoms with Gasteiger partial charge in [0.25, 0.3) is 0 Å². The number of ether oxygens (including phenoxy) is 1. The molecule has 0 aromatic heterocycles. The fourth-order valence-electron chi connectivity index (χ4n) is 3.88. The molecule has 35 heavy (non-hydrogen) atoms.